The van der Waals surface area contributed by atoms with Gasteiger partial charge in [0.1, 0.15) is 5.82 Å². The summed E-state index contributed by atoms with van der Waals surface area (Å²) in [6, 6.07) is 10.8. The van der Waals surface area contributed by atoms with Crippen molar-refractivity contribution >= 4 is 5.69 Å². The van der Waals surface area contributed by atoms with Gasteiger partial charge in [-0.2, -0.15) is 0 Å². The second-order valence-corrected chi connectivity index (χ2v) is 4.53. The first-order valence-corrected chi connectivity index (χ1v) is 6.29. The lowest BCUT2D eigenvalue weighted by molar-refractivity contribution is 0.624. The number of rotatable bonds is 5. The van der Waals surface area contributed by atoms with Crippen molar-refractivity contribution in [3.05, 3.63) is 59.7 Å². The van der Waals surface area contributed by atoms with Crippen molar-refractivity contribution in [1.29, 1.82) is 0 Å². The lowest BCUT2D eigenvalue weighted by atomic mass is 10.1. The van der Waals surface area contributed by atoms with Crippen molar-refractivity contribution < 1.29 is 4.39 Å². The summed E-state index contributed by atoms with van der Waals surface area (Å²) in [4.78, 5) is 6.25. The van der Waals surface area contributed by atoms with Gasteiger partial charge in [-0.15, -0.1) is 0 Å². The zero-order valence-corrected chi connectivity index (χ0v) is 11.0. The van der Waals surface area contributed by atoms with Crippen molar-refractivity contribution in [2.24, 2.45) is 5.73 Å². The zero-order chi connectivity index (χ0) is 13.7. The van der Waals surface area contributed by atoms with E-state index in [0.29, 0.717) is 19.5 Å². The number of halogens is 1. The van der Waals surface area contributed by atoms with Gasteiger partial charge in [0.2, 0.25) is 0 Å². The number of anilines is 1. The summed E-state index contributed by atoms with van der Waals surface area (Å²) in [6.45, 7) is 1.17. The zero-order valence-electron chi connectivity index (χ0n) is 11.0. The molecular formula is C15H18FN3. The Balaban J connectivity index is 2.16. The summed E-state index contributed by atoms with van der Waals surface area (Å²) < 4.78 is 13.6. The maximum absolute atomic E-state index is 13.6. The molecule has 0 atom stereocenters. The summed E-state index contributed by atoms with van der Waals surface area (Å²) in [6.07, 6.45) is 2.44. The fourth-order valence-corrected chi connectivity index (χ4v) is 1.99. The lowest BCUT2D eigenvalue weighted by Gasteiger charge is -2.20. The minimum Gasteiger partial charge on any atom is -0.369 e. The molecule has 19 heavy (non-hydrogen) atoms. The van der Waals surface area contributed by atoms with Crippen LogP contribution in [-0.4, -0.2) is 18.6 Å². The van der Waals surface area contributed by atoms with Gasteiger partial charge in [0.25, 0.3) is 0 Å². The van der Waals surface area contributed by atoms with E-state index in [-0.39, 0.29) is 5.82 Å². The Bertz CT molecular complexity index is 528. The van der Waals surface area contributed by atoms with Gasteiger partial charge in [-0.05, 0) is 48.9 Å². The maximum Gasteiger partial charge on any atom is 0.125 e. The SMILES string of the molecule is CN(Cc1ccccn1)c1cc(F)cc(CCN)c1. The van der Waals surface area contributed by atoms with Crippen LogP contribution in [0.3, 0.4) is 0 Å². The van der Waals surface area contributed by atoms with Gasteiger partial charge in [0.15, 0.2) is 0 Å². The Morgan fingerprint density at radius 3 is 2.79 bits per heavy atom. The van der Waals surface area contributed by atoms with Crippen LogP contribution in [0.1, 0.15) is 11.3 Å². The van der Waals surface area contributed by atoms with E-state index in [1.165, 1.54) is 12.1 Å². The molecule has 0 spiro atoms. The van der Waals surface area contributed by atoms with Crippen molar-refractivity contribution in [3.8, 4) is 0 Å². The number of aromatic nitrogens is 1. The van der Waals surface area contributed by atoms with E-state index < -0.39 is 0 Å². The van der Waals surface area contributed by atoms with E-state index in [1.807, 2.05) is 36.2 Å². The monoisotopic (exact) mass is 259 g/mol. The van der Waals surface area contributed by atoms with Crippen LogP contribution in [0.15, 0.2) is 42.6 Å². The highest BCUT2D eigenvalue weighted by Crippen LogP contribution is 2.19. The van der Waals surface area contributed by atoms with Crippen LogP contribution < -0.4 is 10.6 Å². The number of nitrogens with zero attached hydrogens (tertiary/aromatic N) is 2. The topological polar surface area (TPSA) is 42.2 Å². The molecule has 2 rings (SSSR count). The average molecular weight is 259 g/mol. The van der Waals surface area contributed by atoms with Crippen molar-refractivity contribution in [2.75, 3.05) is 18.5 Å². The molecule has 0 radical (unpaired) electrons. The van der Waals surface area contributed by atoms with E-state index in [4.69, 9.17) is 5.73 Å². The number of nitrogens with two attached hydrogens (primary N) is 1. The van der Waals surface area contributed by atoms with E-state index in [0.717, 1.165) is 16.9 Å². The normalized spacial score (nSPS) is 10.5. The van der Waals surface area contributed by atoms with Crippen LogP contribution >= 0.6 is 0 Å². The predicted octanol–water partition coefficient (Wildman–Crippen LogP) is 2.36. The number of benzene rings is 1. The first kappa shape index (κ1) is 13.5. The highest BCUT2D eigenvalue weighted by molar-refractivity contribution is 5.48. The molecule has 2 aromatic rings. The molecule has 0 saturated heterocycles. The van der Waals surface area contributed by atoms with Crippen molar-refractivity contribution in [3.63, 3.8) is 0 Å². The van der Waals surface area contributed by atoms with Crippen LogP contribution in [0.4, 0.5) is 10.1 Å². The molecule has 0 aliphatic heterocycles. The Kier molecular flexibility index (Phi) is 4.47. The van der Waals surface area contributed by atoms with E-state index in [1.54, 1.807) is 6.20 Å². The van der Waals surface area contributed by atoms with E-state index in [9.17, 15) is 4.39 Å². The molecular weight excluding hydrogens is 241 g/mol. The van der Waals surface area contributed by atoms with E-state index >= 15 is 0 Å². The Hall–Kier alpha value is -1.94. The number of hydrogen-bond acceptors (Lipinski definition) is 3. The number of hydrogen-bond donors (Lipinski definition) is 1. The van der Waals surface area contributed by atoms with Gasteiger partial charge < -0.3 is 10.6 Å². The van der Waals surface area contributed by atoms with Crippen molar-refractivity contribution in [1.82, 2.24) is 4.98 Å². The fraction of sp³-hybridized carbons (Fsp3) is 0.267. The molecule has 1 heterocycles. The molecule has 0 saturated carbocycles. The van der Waals surface area contributed by atoms with Gasteiger partial charge in [-0.25, -0.2) is 4.39 Å². The van der Waals surface area contributed by atoms with Gasteiger partial charge >= 0.3 is 0 Å². The summed E-state index contributed by atoms with van der Waals surface area (Å²) in [5, 5.41) is 0. The molecule has 1 aromatic heterocycles. The third kappa shape index (κ3) is 3.76. The third-order valence-electron chi connectivity index (χ3n) is 2.94. The highest BCUT2D eigenvalue weighted by atomic mass is 19.1. The smallest absolute Gasteiger partial charge is 0.125 e. The average Bonchev–Trinajstić information content (AvgIpc) is 2.39. The quantitative estimate of drug-likeness (QED) is 0.896. The van der Waals surface area contributed by atoms with Gasteiger partial charge in [-0.3, -0.25) is 4.98 Å². The highest BCUT2D eigenvalue weighted by Gasteiger charge is 2.06. The Morgan fingerprint density at radius 2 is 2.11 bits per heavy atom. The molecule has 0 amide bonds. The molecule has 3 nitrogen and oxygen atoms in total. The summed E-state index contributed by atoms with van der Waals surface area (Å²) in [7, 11) is 1.93. The molecule has 1 aromatic carbocycles. The third-order valence-corrected chi connectivity index (χ3v) is 2.94. The second-order valence-electron chi connectivity index (χ2n) is 4.53. The Labute approximate surface area is 112 Å². The predicted molar refractivity (Wildman–Crippen MR) is 75.5 cm³/mol. The molecule has 2 N–H and O–H groups in total. The standard InChI is InChI=1S/C15H18FN3/c1-19(11-14-4-2-3-7-18-14)15-9-12(5-6-17)8-13(16)10-15/h2-4,7-10H,5-6,11,17H2,1H3. The minimum absolute atomic E-state index is 0.228. The first-order chi connectivity index (χ1) is 9.19. The second kappa shape index (κ2) is 6.29. The van der Waals surface area contributed by atoms with Gasteiger partial charge in [0, 0.05) is 18.9 Å². The molecule has 0 aliphatic carbocycles. The van der Waals surface area contributed by atoms with Gasteiger partial charge in [0.05, 0.1) is 12.2 Å². The molecule has 100 valence electrons. The first-order valence-electron chi connectivity index (χ1n) is 6.29. The van der Waals surface area contributed by atoms with Crippen LogP contribution in [0.5, 0.6) is 0 Å². The van der Waals surface area contributed by atoms with Crippen molar-refractivity contribution in [2.45, 2.75) is 13.0 Å². The molecule has 0 bridgehead atoms. The van der Waals surface area contributed by atoms with Crippen LogP contribution in [0.2, 0.25) is 0 Å². The van der Waals surface area contributed by atoms with Gasteiger partial charge in [-0.1, -0.05) is 6.07 Å². The summed E-state index contributed by atoms with van der Waals surface area (Å²) >= 11 is 0. The summed E-state index contributed by atoms with van der Waals surface area (Å²) in [5.41, 5.74) is 8.23. The molecule has 0 fully saturated rings. The molecule has 0 aliphatic rings. The van der Waals surface area contributed by atoms with E-state index in [2.05, 4.69) is 4.98 Å². The largest absolute Gasteiger partial charge is 0.369 e. The number of pyridine rings is 1. The minimum atomic E-state index is -0.228. The molecule has 4 heteroatoms. The lowest BCUT2D eigenvalue weighted by Crippen LogP contribution is -2.17. The summed E-state index contributed by atoms with van der Waals surface area (Å²) in [5.74, 6) is -0.228. The van der Waals surface area contributed by atoms with Crippen LogP contribution in [0.25, 0.3) is 0 Å². The van der Waals surface area contributed by atoms with Crippen LogP contribution in [-0.2, 0) is 13.0 Å². The fourth-order valence-electron chi connectivity index (χ4n) is 1.99. The van der Waals surface area contributed by atoms with Crippen LogP contribution in [0, 0.1) is 5.82 Å². The molecule has 0 unspecified atom stereocenters. The maximum atomic E-state index is 13.6. The Morgan fingerprint density at radius 1 is 1.26 bits per heavy atom.